The van der Waals surface area contributed by atoms with Gasteiger partial charge in [0, 0.05) is 17.4 Å². The molecule has 0 saturated carbocycles. The Morgan fingerprint density at radius 1 is 0.892 bits per heavy atom. The highest BCUT2D eigenvalue weighted by Gasteiger charge is 2.19. The van der Waals surface area contributed by atoms with E-state index in [4.69, 9.17) is 28.6 Å². The van der Waals surface area contributed by atoms with E-state index in [2.05, 4.69) is 0 Å². The monoisotopic (exact) mass is 515 g/mol. The van der Waals surface area contributed by atoms with E-state index in [1.165, 1.54) is 11.8 Å². The van der Waals surface area contributed by atoms with Crippen molar-refractivity contribution in [1.29, 1.82) is 0 Å². The zero-order valence-electron chi connectivity index (χ0n) is 20.8. The Bertz CT molecular complexity index is 1630. The van der Waals surface area contributed by atoms with Crippen molar-refractivity contribution in [2.75, 3.05) is 21.3 Å². The van der Waals surface area contributed by atoms with Crippen LogP contribution >= 0.6 is 11.8 Å². The number of hydrogen-bond acceptors (Lipinski definition) is 8. The Balaban J connectivity index is 1.56. The van der Waals surface area contributed by atoms with Gasteiger partial charge >= 0.3 is 0 Å². The van der Waals surface area contributed by atoms with E-state index in [0.29, 0.717) is 50.6 Å². The second kappa shape index (κ2) is 10.4. The van der Waals surface area contributed by atoms with Gasteiger partial charge < -0.3 is 18.6 Å². The van der Waals surface area contributed by atoms with Gasteiger partial charge in [-0.15, -0.1) is 0 Å². The fourth-order valence-corrected chi connectivity index (χ4v) is 4.95. The number of rotatable bonds is 8. The van der Waals surface area contributed by atoms with Gasteiger partial charge in [0.25, 0.3) is 5.56 Å². The third-order valence-corrected chi connectivity index (χ3v) is 6.89. The van der Waals surface area contributed by atoms with Gasteiger partial charge in [0.05, 0.1) is 43.6 Å². The summed E-state index contributed by atoms with van der Waals surface area (Å²) in [6, 6.07) is 20.1. The van der Waals surface area contributed by atoms with Crippen molar-refractivity contribution >= 4 is 22.7 Å². The minimum absolute atomic E-state index is 0.199. The molecular weight excluding hydrogens is 490 g/mol. The predicted molar refractivity (Wildman–Crippen MR) is 143 cm³/mol. The largest absolute Gasteiger partial charge is 0.497 e. The maximum absolute atomic E-state index is 13.7. The van der Waals surface area contributed by atoms with Crippen LogP contribution < -0.4 is 19.8 Å². The summed E-state index contributed by atoms with van der Waals surface area (Å²) in [5.41, 5.74) is 2.58. The second-order valence-corrected chi connectivity index (χ2v) is 9.07. The van der Waals surface area contributed by atoms with Gasteiger partial charge in [-0.2, -0.15) is 0 Å². The number of fused-ring (bicyclic) bond motifs is 1. The molecule has 188 valence electrons. The number of aryl methyl sites for hydroxylation is 1. The summed E-state index contributed by atoms with van der Waals surface area (Å²) in [6.07, 6.45) is 0. The van der Waals surface area contributed by atoms with Gasteiger partial charge in [-0.25, -0.2) is 9.97 Å². The lowest BCUT2D eigenvalue weighted by Crippen LogP contribution is -2.22. The molecule has 2 heterocycles. The molecule has 2 aromatic heterocycles. The van der Waals surface area contributed by atoms with Crippen LogP contribution in [0.25, 0.3) is 28.0 Å². The van der Waals surface area contributed by atoms with Gasteiger partial charge in [-0.3, -0.25) is 9.36 Å². The molecule has 3 aromatic carbocycles. The van der Waals surface area contributed by atoms with E-state index in [-0.39, 0.29) is 5.56 Å². The summed E-state index contributed by atoms with van der Waals surface area (Å²) in [5.74, 6) is 3.56. The highest BCUT2D eigenvalue weighted by molar-refractivity contribution is 7.98. The SMILES string of the molecule is COc1ccc(-c2nc(CSc3nc4ccccc4c(=O)n3-c3cc(OC)ccc3OC)c(C)o2)cc1. The third kappa shape index (κ3) is 4.77. The molecule has 0 aliphatic rings. The minimum atomic E-state index is -0.199. The fourth-order valence-electron chi connectivity index (χ4n) is 3.95. The lowest BCUT2D eigenvalue weighted by atomic mass is 10.2. The molecule has 0 radical (unpaired) electrons. The van der Waals surface area contributed by atoms with E-state index in [1.54, 1.807) is 50.2 Å². The van der Waals surface area contributed by atoms with Crippen LogP contribution in [0.15, 0.2) is 81.1 Å². The smallest absolute Gasteiger partial charge is 0.266 e. The Kier molecular flexibility index (Phi) is 6.87. The van der Waals surface area contributed by atoms with Crippen LogP contribution in [-0.2, 0) is 5.75 Å². The van der Waals surface area contributed by atoms with Crippen LogP contribution in [0, 0.1) is 6.92 Å². The van der Waals surface area contributed by atoms with Gasteiger partial charge in [-0.05, 0) is 55.5 Å². The molecule has 0 N–H and O–H groups in total. The molecule has 8 nitrogen and oxygen atoms in total. The molecule has 0 unspecified atom stereocenters. The van der Waals surface area contributed by atoms with Gasteiger partial charge in [0.2, 0.25) is 5.89 Å². The molecule has 5 rings (SSSR count). The number of benzene rings is 3. The molecular formula is C28H25N3O5S. The van der Waals surface area contributed by atoms with Gasteiger partial charge in [0.15, 0.2) is 5.16 Å². The van der Waals surface area contributed by atoms with Crippen molar-refractivity contribution in [3.63, 3.8) is 0 Å². The Morgan fingerprint density at radius 3 is 2.35 bits per heavy atom. The molecule has 0 bridgehead atoms. The van der Waals surface area contributed by atoms with E-state index in [0.717, 1.165) is 17.0 Å². The number of oxazole rings is 1. The first-order chi connectivity index (χ1) is 18.0. The number of thioether (sulfide) groups is 1. The van der Waals surface area contributed by atoms with E-state index in [9.17, 15) is 4.79 Å². The predicted octanol–water partition coefficient (Wildman–Crippen LogP) is 5.67. The first kappa shape index (κ1) is 24.5. The normalized spacial score (nSPS) is 11.0. The quantitative estimate of drug-likeness (QED) is 0.193. The van der Waals surface area contributed by atoms with E-state index < -0.39 is 0 Å². The Hall–Kier alpha value is -4.24. The van der Waals surface area contributed by atoms with Crippen molar-refractivity contribution < 1.29 is 18.6 Å². The Morgan fingerprint density at radius 2 is 1.62 bits per heavy atom. The molecule has 0 amide bonds. The van der Waals surface area contributed by atoms with Crippen LogP contribution in [0.3, 0.4) is 0 Å². The summed E-state index contributed by atoms with van der Waals surface area (Å²) >= 11 is 1.40. The van der Waals surface area contributed by atoms with Gasteiger partial charge in [-0.1, -0.05) is 23.9 Å². The topological polar surface area (TPSA) is 88.6 Å². The van der Waals surface area contributed by atoms with Crippen LogP contribution in [0.5, 0.6) is 17.2 Å². The number of ether oxygens (including phenoxy) is 3. The summed E-state index contributed by atoms with van der Waals surface area (Å²) in [6.45, 7) is 1.88. The van der Waals surface area contributed by atoms with Crippen LogP contribution in [-0.4, -0.2) is 35.9 Å². The maximum Gasteiger partial charge on any atom is 0.266 e. The molecule has 0 atom stereocenters. The van der Waals surface area contributed by atoms with Crippen molar-refractivity contribution in [2.24, 2.45) is 0 Å². The fraction of sp³-hybridized carbons (Fsp3) is 0.179. The lowest BCUT2D eigenvalue weighted by molar-refractivity contribution is 0.400. The lowest BCUT2D eigenvalue weighted by Gasteiger charge is -2.16. The molecule has 37 heavy (non-hydrogen) atoms. The molecule has 0 aliphatic heterocycles. The Labute approximate surface area is 217 Å². The molecule has 9 heteroatoms. The maximum atomic E-state index is 13.7. The van der Waals surface area contributed by atoms with Crippen molar-refractivity contribution in [3.05, 3.63) is 88.5 Å². The second-order valence-electron chi connectivity index (χ2n) is 8.13. The third-order valence-electron chi connectivity index (χ3n) is 5.94. The summed E-state index contributed by atoms with van der Waals surface area (Å²) in [5, 5.41) is 1.01. The number of nitrogens with zero attached hydrogens (tertiary/aromatic N) is 3. The summed E-state index contributed by atoms with van der Waals surface area (Å²) < 4.78 is 23.7. The molecule has 0 fully saturated rings. The van der Waals surface area contributed by atoms with Crippen molar-refractivity contribution in [2.45, 2.75) is 17.8 Å². The highest BCUT2D eigenvalue weighted by Crippen LogP contribution is 2.33. The minimum Gasteiger partial charge on any atom is -0.497 e. The molecule has 0 saturated heterocycles. The zero-order valence-corrected chi connectivity index (χ0v) is 21.7. The standard InChI is InChI=1S/C28H25N3O5S/c1-17-23(29-26(36-17)18-9-11-19(33-2)12-10-18)16-37-28-30-22-8-6-5-7-21(22)27(32)31(28)24-15-20(34-3)13-14-25(24)35-4/h5-15H,16H2,1-4H3. The number of para-hydroxylation sites is 1. The summed E-state index contributed by atoms with van der Waals surface area (Å²) in [7, 11) is 4.77. The number of aromatic nitrogens is 3. The molecule has 0 spiro atoms. The zero-order chi connectivity index (χ0) is 25.9. The number of hydrogen-bond donors (Lipinski definition) is 0. The highest BCUT2D eigenvalue weighted by atomic mass is 32.2. The average molecular weight is 516 g/mol. The summed E-state index contributed by atoms with van der Waals surface area (Å²) in [4.78, 5) is 23.2. The molecule has 0 aliphatic carbocycles. The van der Waals surface area contributed by atoms with E-state index >= 15 is 0 Å². The van der Waals surface area contributed by atoms with Crippen LogP contribution in [0.2, 0.25) is 0 Å². The average Bonchev–Trinajstić information content (AvgIpc) is 3.31. The molecule has 5 aromatic rings. The van der Waals surface area contributed by atoms with Crippen molar-refractivity contribution in [3.8, 4) is 34.4 Å². The first-order valence-corrected chi connectivity index (χ1v) is 12.5. The van der Waals surface area contributed by atoms with Gasteiger partial charge in [0.1, 0.15) is 23.0 Å². The van der Waals surface area contributed by atoms with Crippen LogP contribution in [0.1, 0.15) is 11.5 Å². The van der Waals surface area contributed by atoms with E-state index in [1.807, 2.05) is 49.4 Å². The number of methoxy groups -OCH3 is 3. The van der Waals surface area contributed by atoms with Crippen LogP contribution in [0.4, 0.5) is 0 Å². The first-order valence-electron chi connectivity index (χ1n) is 11.5. The van der Waals surface area contributed by atoms with Crippen molar-refractivity contribution in [1.82, 2.24) is 14.5 Å².